The van der Waals surface area contributed by atoms with E-state index in [1.54, 1.807) is 6.92 Å². The van der Waals surface area contributed by atoms with Gasteiger partial charge in [0.25, 0.3) is 0 Å². The minimum atomic E-state index is -1.20. The highest BCUT2D eigenvalue weighted by molar-refractivity contribution is 14.1. The highest BCUT2D eigenvalue weighted by Gasteiger charge is 2.12. The third kappa shape index (κ3) is 3.31. The van der Waals surface area contributed by atoms with Gasteiger partial charge in [-0.2, -0.15) is 5.10 Å². The van der Waals surface area contributed by atoms with Crippen LogP contribution < -0.4 is 5.43 Å². The van der Waals surface area contributed by atoms with Crippen LogP contribution in [0, 0.1) is 3.70 Å². The Balaban J connectivity index is 2.32. The first-order valence-electron chi connectivity index (χ1n) is 5.42. The second kappa shape index (κ2) is 5.83. The van der Waals surface area contributed by atoms with Crippen molar-refractivity contribution in [1.82, 2.24) is 15.4 Å². The maximum Gasteiger partial charge on any atom is 0.425 e. The Hall–Kier alpha value is -1.90. The van der Waals surface area contributed by atoms with Crippen LogP contribution in [0.5, 0.6) is 0 Å². The highest BCUT2D eigenvalue weighted by Crippen LogP contribution is 2.19. The number of benzene rings is 1. The molecule has 1 heterocycles. The molecule has 0 aliphatic carbocycles. The van der Waals surface area contributed by atoms with Crippen LogP contribution in [0.3, 0.4) is 0 Å². The summed E-state index contributed by atoms with van der Waals surface area (Å²) in [6.45, 7) is 1.70. The Bertz CT molecular complexity index is 622. The van der Waals surface area contributed by atoms with Crippen LogP contribution >= 0.6 is 22.6 Å². The zero-order chi connectivity index (χ0) is 13.8. The Morgan fingerprint density at radius 1 is 1.42 bits per heavy atom. The molecule has 0 aliphatic heterocycles. The molecule has 0 unspecified atom stereocenters. The van der Waals surface area contributed by atoms with Crippen molar-refractivity contribution < 1.29 is 9.90 Å². The molecule has 1 aromatic carbocycles. The Morgan fingerprint density at radius 2 is 2.11 bits per heavy atom. The standard InChI is InChI=1S/C12H11IN4O2/c1-7(16-17-12(18)19)9-10(13)15-11(14-9)8-5-3-2-4-6-8/h2-6,17H,1H3,(H,14,15)(H,18,19). The molecule has 0 fully saturated rings. The molecule has 19 heavy (non-hydrogen) atoms. The van der Waals surface area contributed by atoms with E-state index in [0.717, 1.165) is 15.1 Å². The van der Waals surface area contributed by atoms with Crippen LogP contribution in [0.4, 0.5) is 4.79 Å². The van der Waals surface area contributed by atoms with Crippen molar-refractivity contribution in [3.63, 3.8) is 0 Å². The molecule has 0 radical (unpaired) electrons. The molecular formula is C12H11IN4O2. The third-order valence-electron chi connectivity index (χ3n) is 2.37. The van der Waals surface area contributed by atoms with Gasteiger partial charge in [0.15, 0.2) is 0 Å². The van der Waals surface area contributed by atoms with Gasteiger partial charge in [0.2, 0.25) is 0 Å². The lowest BCUT2D eigenvalue weighted by atomic mass is 10.2. The predicted molar refractivity (Wildman–Crippen MR) is 80.1 cm³/mol. The number of amides is 1. The first kappa shape index (κ1) is 13.5. The third-order valence-corrected chi connectivity index (χ3v) is 3.15. The molecule has 2 aromatic rings. The van der Waals surface area contributed by atoms with E-state index in [-0.39, 0.29) is 0 Å². The van der Waals surface area contributed by atoms with Crippen molar-refractivity contribution in [2.45, 2.75) is 6.92 Å². The van der Waals surface area contributed by atoms with Gasteiger partial charge >= 0.3 is 6.09 Å². The summed E-state index contributed by atoms with van der Waals surface area (Å²) < 4.78 is 0.810. The van der Waals surface area contributed by atoms with Crippen LogP contribution in [0.15, 0.2) is 35.4 Å². The topological polar surface area (TPSA) is 90.4 Å². The number of carboxylic acid groups (broad SMARTS) is 1. The molecule has 0 aliphatic rings. The van der Waals surface area contributed by atoms with Gasteiger partial charge in [-0.1, -0.05) is 30.3 Å². The molecule has 7 heteroatoms. The van der Waals surface area contributed by atoms with Crippen LogP contribution in [-0.4, -0.2) is 26.9 Å². The second-order valence-electron chi connectivity index (χ2n) is 3.73. The lowest BCUT2D eigenvalue weighted by Crippen LogP contribution is -2.16. The van der Waals surface area contributed by atoms with E-state index in [1.165, 1.54) is 0 Å². The van der Waals surface area contributed by atoms with Gasteiger partial charge in [-0.05, 0) is 29.5 Å². The van der Waals surface area contributed by atoms with E-state index in [2.05, 4.69) is 37.7 Å². The Morgan fingerprint density at radius 3 is 2.74 bits per heavy atom. The van der Waals surface area contributed by atoms with Crippen LogP contribution in [0.1, 0.15) is 12.6 Å². The summed E-state index contributed by atoms with van der Waals surface area (Å²) in [5.41, 5.74) is 4.07. The normalized spacial score (nSPS) is 11.4. The number of hydrogen-bond donors (Lipinski definition) is 3. The Kier molecular flexibility index (Phi) is 4.15. The number of hydrogen-bond acceptors (Lipinski definition) is 3. The molecule has 0 saturated heterocycles. The highest BCUT2D eigenvalue weighted by atomic mass is 127. The molecule has 0 spiro atoms. The summed E-state index contributed by atoms with van der Waals surface area (Å²) in [6, 6.07) is 9.68. The summed E-state index contributed by atoms with van der Waals surface area (Å²) in [6.07, 6.45) is -1.20. The van der Waals surface area contributed by atoms with Crippen molar-refractivity contribution in [2.24, 2.45) is 5.10 Å². The SMILES string of the molecule is CC(=NNC(=O)O)c1nc(-c2ccccc2)[nH]c1I. The fourth-order valence-corrected chi connectivity index (χ4v) is 2.28. The van der Waals surface area contributed by atoms with Gasteiger partial charge in [-0.25, -0.2) is 15.2 Å². The largest absolute Gasteiger partial charge is 0.464 e. The minimum Gasteiger partial charge on any atom is -0.464 e. The number of carbonyl (C=O) groups is 1. The van der Waals surface area contributed by atoms with Crippen molar-refractivity contribution in [1.29, 1.82) is 0 Å². The van der Waals surface area contributed by atoms with Gasteiger partial charge in [-0.3, -0.25) is 0 Å². The Labute approximate surface area is 123 Å². The molecular weight excluding hydrogens is 359 g/mol. The second-order valence-corrected chi connectivity index (χ2v) is 4.81. The number of aromatic nitrogens is 2. The van der Waals surface area contributed by atoms with Crippen LogP contribution in [0.25, 0.3) is 11.4 Å². The van der Waals surface area contributed by atoms with Gasteiger partial charge in [0, 0.05) is 5.56 Å². The number of aromatic amines is 1. The summed E-state index contributed by atoms with van der Waals surface area (Å²) in [7, 11) is 0. The number of H-pyrrole nitrogens is 1. The number of nitrogens with one attached hydrogen (secondary N) is 2. The average molecular weight is 370 g/mol. The fourth-order valence-electron chi connectivity index (χ4n) is 1.51. The zero-order valence-corrected chi connectivity index (χ0v) is 12.2. The molecule has 6 nitrogen and oxygen atoms in total. The van der Waals surface area contributed by atoms with Crippen molar-refractivity contribution in [3.8, 4) is 11.4 Å². The number of imidazole rings is 1. The summed E-state index contributed by atoms with van der Waals surface area (Å²) in [4.78, 5) is 18.0. The molecule has 0 atom stereocenters. The molecule has 2 rings (SSSR count). The van der Waals surface area contributed by atoms with E-state index < -0.39 is 6.09 Å². The predicted octanol–water partition coefficient (Wildman–Crippen LogP) is 2.67. The first-order chi connectivity index (χ1) is 9.08. The van der Waals surface area contributed by atoms with Gasteiger partial charge in [0.05, 0.1) is 5.71 Å². The lowest BCUT2D eigenvalue weighted by molar-refractivity contribution is 0.195. The van der Waals surface area contributed by atoms with E-state index in [4.69, 9.17) is 5.11 Å². The number of halogens is 1. The van der Waals surface area contributed by atoms with Crippen LogP contribution in [-0.2, 0) is 0 Å². The average Bonchev–Trinajstić information content (AvgIpc) is 2.79. The molecule has 1 aromatic heterocycles. The van der Waals surface area contributed by atoms with Crippen molar-refractivity contribution in [3.05, 3.63) is 39.7 Å². The number of nitrogens with zero attached hydrogens (tertiary/aromatic N) is 2. The molecule has 3 N–H and O–H groups in total. The van der Waals surface area contributed by atoms with Gasteiger partial charge in [0.1, 0.15) is 15.2 Å². The maximum atomic E-state index is 10.4. The van der Waals surface area contributed by atoms with E-state index >= 15 is 0 Å². The van der Waals surface area contributed by atoms with Crippen molar-refractivity contribution >= 4 is 34.4 Å². The van der Waals surface area contributed by atoms with Crippen molar-refractivity contribution in [2.75, 3.05) is 0 Å². The monoisotopic (exact) mass is 370 g/mol. The molecule has 0 bridgehead atoms. The molecule has 1 amide bonds. The van der Waals surface area contributed by atoms with Crippen LogP contribution in [0.2, 0.25) is 0 Å². The molecule has 98 valence electrons. The maximum absolute atomic E-state index is 10.4. The van der Waals surface area contributed by atoms with E-state index in [0.29, 0.717) is 11.4 Å². The smallest absolute Gasteiger partial charge is 0.425 e. The summed E-state index contributed by atoms with van der Waals surface area (Å²) >= 11 is 2.11. The van der Waals surface area contributed by atoms with E-state index in [1.807, 2.05) is 35.8 Å². The zero-order valence-electron chi connectivity index (χ0n) is 10.0. The lowest BCUT2D eigenvalue weighted by Gasteiger charge is -1.96. The van der Waals surface area contributed by atoms with Gasteiger partial charge < -0.3 is 10.1 Å². The minimum absolute atomic E-state index is 0.505. The summed E-state index contributed by atoms with van der Waals surface area (Å²) in [5.74, 6) is 0.727. The molecule has 0 saturated carbocycles. The quantitative estimate of drug-likeness (QED) is 0.441. The van der Waals surface area contributed by atoms with Gasteiger partial charge in [-0.15, -0.1) is 0 Å². The fraction of sp³-hybridized carbons (Fsp3) is 0.0833. The first-order valence-corrected chi connectivity index (χ1v) is 6.50. The number of hydrazone groups is 1. The van der Waals surface area contributed by atoms with E-state index in [9.17, 15) is 4.79 Å². The summed E-state index contributed by atoms with van der Waals surface area (Å²) in [5, 5.41) is 12.3. The number of rotatable bonds is 3.